The molecular weight excluding hydrogens is 411 g/mol. The van der Waals surface area contributed by atoms with E-state index in [9.17, 15) is 38.1 Å². The van der Waals surface area contributed by atoms with Crippen LogP contribution >= 0.6 is 0 Å². The number of alkyl halides is 3. The number of carboxylic acid groups (broad SMARTS) is 3. The van der Waals surface area contributed by atoms with Gasteiger partial charge in [-0.05, 0) is 55.1 Å². The van der Waals surface area contributed by atoms with Crippen LogP contribution in [0.15, 0.2) is 24.3 Å². The summed E-state index contributed by atoms with van der Waals surface area (Å²) in [6, 6.07) is 7.07. The van der Waals surface area contributed by atoms with E-state index in [1.165, 1.54) is 0 Å². The highest BCUT2D eigenvalue weighted by molar-refractivity contribution is 5.88. The Balaban J connectivity index is 0.000000396. The predicted octanol–water partition coefficient (Wildman–Crippen LogP) is 2.10. The van der Waals surface area contributed by atoms with Crippen molar-refractivity contribution in [3.8, 4) is 5.75 Å². The minimum absolute atomic E-state index is 0.0799. The highest BCUT2D eigenvalue weighted by Gasteiger charge is 2.66. The molecule has 1 aromatic rings. The zero-order chi connectivity index (χ0) is 22.9. The van der Waals surface area contributed by atoms with Crippen LogP contribution in [0.2, 0.25) is 0 Å². The summed E-state index contributed by atoms with van der Waals surface area (Å²) in [6.07, 6.45) is -2.49. The van der Waals surface area contributed by atoms with Gasteiger partial charge in [0.15, 0.2) is 0 Å². The zero-order valence-corrected chi connectivity index (χ0v) is 15.7. The summed E-state index contributed by atoms with van der Waals surface area (Å²) in [5, 5.41) is 35.9. The Hall–Kier alpha value is -2.82. The van der Waals surface area contributed by atoms with Gasteiger partial charge in [0.05, 0.1) is 5.92 Å². The van der Waals surface area contributed by atoms with Gasteiger partial charge in [-0.1, -0.05) is 18.2 Å². The van der Waals surface area contributed by atoms with Crippen molar-refractivity contribution in [1.82, 2.24) is 0 Å². The van der Waals surface area contributed by atoms with Gasteiger partial charge in [0.25, 0.3) is 0 Å². The molecule has 0 aliphatic heterocycles. The van der Waals surface area contributed by atoms with Crippen LogP contribution < -0.4 is 5.73 Å². The van der Waals surface area contributed by atoms with Crippen molar-refractivity contribution >= 4 is 17.9 Å². The number of carboxylic acids is 3. The maximum Gasteiger partial charge on any atom is 0.490 e. The van der Waals surface area contributed by atoms with Crippen molar-refractivity contribution in [2.45, 2.75) is 37.4 Å². The lowest BCUT2D eigenvalue weighted by Gasteiger charge is -2.39. The Morgan fingerprint density at radius 3 is 2.13 bits per heavy atom. The molecular formula is C19H22F3NO7. The first-order valence-electron chi connectivity index (χ1n) is 9.12. The van der Waals surface area contributed by atoms with Gasteiger partial charge in [0.2, 0.25) is 0 Å². The Labute approximate surface area is 169 Å². The molecule has 30 heavy (non-hydrogen) atoms. The van der Waals surface area contributed by atoms with E-state index in [2.05, 4.69) is 0 Å². The predicted molar refractivity (Wildman–Crippen MR) is 95.5 cm³/mol. The fraction of sp³-hybridized carbons (Fsp3) is 0.526. The molecule has 8 nitrogen and oxygen atoms in total. The van der Waals surface area contributed by atoms with Crippen molar-refractivity contribution in [1.29, 1.82) is 0 Å². The van der Waals surface area contributed by atoms with E-state index in [1.807, 2.05) is 12.1 Å². The first kappa shape index (κ1) is 23.5. The third kappa shape index (κ3) is 4.50. The molecule has 0 spiro atoms. The van der Waals surface area contributed by atoms with Crippen LogP contribution in [0.1, 0.15) is 24.8 Å². The maximum absolute atomic E-state index is 11.7. The number of hydrogen-bond donors (Lipinski definition) is 5. The number of phenolic OH excluding ortho intramolecular Hbond substituents is 1. The molecule has 166 valence electrons. The largest absolute Gasteiger partial charge is 0.508 e. The number of rotatable bonds is 5. The van der Waals surface area contributed by atoms with E-state index in [0.717, 1.165) is 5.56 Å². The highest BCUT2D eigenvalue weighted by Crippen LogP contribution is 2.57. The fourth-order valence-electron chi connectivity index (χ4n) is 4.73. The van der Waals surface area contributed by atoms with Gasteiger partial charge in [-0.3, -0.25) is 9.59 Å². The summed E-state index contributed by atoms with van der Waals surface area (Å²) < 4.78 is 31.7. The average molecular weight is 433 g/mol. The standard InChI is InChI=1S/C17H21NO5.C2HF3O2/c18-17(16(22)23)12-8-11(14(17)15(20)21)7-10(12)6-5-9-3-1-2-4-13(9)19;3-2(4,5)1(6)7/h1-4,10-12,14,19H,5-8,18H2,(H,20,21)(H,22,23);(H,6,7)/t10-,11-,12-,14-,17-;/m1./s1. The molecule has 2 bridgehead atoms. The van der Waals surface area contributed by atoms with Crippen LogP contribution in [0.3, 0.4) is 0 Å². The van der Waals surface area contributed by atoms with E-state index in [0.29, 0.717) is 25.7 Å². The Kier molecular flexibility index (Phi) is 6.65. The topological polar surface area (TPSA) is 158 Å². The molecule has 0 aromatic heterocycles. The maximum atomic E-state index is 11.7. The molecule has 11 heteroatoms. The van der Waals surface area contributed by atoms with E-state index >= 15 is 0 Å². The fourth-order valence-corrected chi connectivity index (χ4v) is 4.73. The SMILES string of the molecule is N[C@]1(C(=O)O)[C@@H]2C[C@@H](C[C@H]2CCc2ccccc2O)[C@@H]1C(=O)O.O=C(O)C(F)(F)F. The van der Waals surface area contributed by atoms with Gasteiger partial charge in [-0.15, -0.1) is 0 Å². The van der Waals surface area contributed by atoms with Crippen molar-refractivity contribution in [3.05, 3.63) is 29.8 Å². The van der Waals surface area contributed by atoms with Gasteiger partial charge in [0.1, 0.15) is 11.3 Å². The van der Waals surface area contributed by atoms with Crippen molar-refractivity contribution < 1.29 is 48.0 Å². The normalized spacial score (nSPS) is 29.7. The quantitative estimate of drug-likeness (QED) is 0.472. The van der Waals surface area contributed by atoms with E-state index in [1.54, 1.807) is 12.1 Å². The van der Waals surface area contributed by atoms with Gasteiger partial charge in [-0.25, -0.2) is 4.79 Å². The summed E-state index contributed by atoms with van der Waals surface area (Å²) in [6.45, 7) is 0. The number of aliphatic carboxylic acids is 3. The van der Waals surface area contributed by atoms with Crippen LogP contribution in [0.5, 0.6) is 5.75 Å². The molecule has 0 amide bonds. The Bertz CT molecular complexity index is 829. The molecule has 0 heterocycles. The summed E-state index contributed by atoms with van der Waals surface area (Å²) in [5.41, 5.74) is 5.23. The monoisotopic (exact) mass is 433 g/mol. The zero-order valence-electron chi connectivity index (χ0n) is 15.7. The van der Waals surface area contributed by atoms with Gasteiger partial charge in [0, 0.05) is 0 Å². The molecule has 0 radical (unpaired) electrons. The second-order valence-electron chi connectivity index (χ2n) is 7.62. The Morgan fingerprint density at radius 1 is 1.10 bits per heavy atom. The molecule has 2 fully saturated rings. The molecule has 5 atom stereocenters. The minimum Gasteiger partial charge on any atom is -0.508 e. The summed E-state index contributed by atoms with van der Waals surface area (Å²) >= 11 is 0. The molecule has 1 aromatic carbocycles. The number of phenols is 1. The molecule has 3 rings (SSSR count). The highest BCUT2D eigenvalue weighted by atomic mass is 19.4. The minimum atomic E-state index is -5.08. The molecule has 0 saturated heterocycles. The third-order valence-electron chi connectivity index (χ3n) is 5.99. The van der Waals surface area contributed by atoms with Crippen molar-refractivity contribution in [2.75, 3.05) is 0 Å². The number of fused-ring (bicyclic) bond motifs is 2. The van der Waals surface area contributed by atoms with Crippen molar-refractivity contribution in [2.24, 2.45) is 29.4 Å². The number of aryl methyl sites for hydroxylation is 1. The van der Waals surface area contributed by atoms with Gasteiger partial charge < -0.3 is 26.2 Å². The van der Waals surface area contributed by atoms with Gasteiger partial charge in [-0.2, -0.15) is 13.2 Å². The second-order valence-corrected chi connectivity index (χ2v) is 7.62. The number of para-hydroxylation sites is 1. The molecule has 2 aliphatic carbocycles. The van der Waals surface area contributed by atoms with E-state index in [-0.39, 0.29) is 23.5 Å². The third-order valence-corrected chi connectivity index (χ3v) is 5.99. The van der Waals surface area contributed by atoms with Gasteiger partial charge >= 0.3 is 24.1 Å². The van der Waals surface area contributed by atoms with E-state index < -0.39 is 35.5 Å². The number of aromatic hydroxyl groups is 1. The molecule has 6 N–H and O–H groups in total. The van der Waals surface area contributed by atoms with Crippen LogP contribution in [-0.4, -0.2) is 50.0 Å². The number of carbonyl (C=O) groups is 3. The molecule has 2 aliphatic rings. The van der Waals surface area contributed by atoms with E-state index in [4.69, 9.17) is 15.6 Å². The van der Waals surface area contributed by atoms with Crippen LogP contribution in [0, 0.1) is 23.7 Å². The van der Waals surface area contributed by atoms with Crippen LogP contribution in [0.4, 0.5) is 13.2 Å². The van der Waals surface area contributed by atoms with Crippen LogP contribution in [0.25, 0.3) is 0 Å². The number of halogens is 3. The summed E-state index contributed by atoms with van der Waals surface area (Å²) in [4.78, 5) is 32.0. The summed E-state index contributed by atoms with van der Waals surface area (Å²) in [7, 11) is 0. The number of benzene rings is 1. The molecule has 2 saturated carbocycles. The van der Waals surface area contributed by atoms with Crippen molar-refractivity contribution in [3.63, 3.8) is 0 Å². The summed E-state index contributed by atoms with van der Waals surface area (Å²) in [5.74, 6) is -6.28. The average Bonchev–Trinajstić information content (AvgIpc) is 3.17. The second kappa shape index (κ2) is 8.50. The molecule has 0 unspecified atom stereocenters. The lowest BCUT2D eigenvalue weighted by molar-refractivity contribution is -0.192. The lowest BCUT2D eigenvalue weighted by Crippen LogP contribution is -2.62. The number of nitrogens with two attached hydrogens (primary N) is 1. The first-order valence-corrected chi connectivity index (χ1v) is 9.12. The smallest absolute Gasteiger partial charge is 0.490 e. The Morgan fingerprint density at radius 2 is 1.67 bits per heavy atom. The first-order chi connectivity index (χ1) is 13.8. The van der Waals surface area contributed by atoms with Crippen LogP contribution in [-0.2, 0) is 20.8 Å². The number of hydrogen-bond acceptors (Lipinski definition) is 5. The lowest BCUT2D eigenvalue weighted by atomic mass is 9.67.